The maximum absolute atomic E-state index is 13.3. The average molecular weight is 445 g/mol. The molecule has 1 N–H and O–H groups in total. The fourth-order valence-electron chi connectivity index (χ4n) is 4.32. The summed E-state index contributed by atoms with van der Waals surface area (Å²) in [5.41, 5.74) is 2.40. The lowest BCUT2D eigenvalue weighted by atomic mass is 9.74. The molecule has 1 amide bonds. The molecule has 1 fully saturated rings. The Hall–Kier alpha value is -2.38. The molecule has 168 valence electrons. The number of carbonyl (C=O) groups excluding carboxylic acids is 1. The first-order chi connectivity index (χ1) is 14.8. The Morgan fingerprint density at radius 2 is 1.81 bits per heavy atom. The number of nitrogens with one attached hydrogen (secondary N) is 1. The van der Waals surface area contributed by atoms with Crippen molar-refractivity contribution in [2.45, 2.75) is 44.6 Å². The van der Waals surface area contributed by atoms with Crippen LogP contribution in [-0.4, -0.2) is 46.4 Å². The number of sulfonamides is 1. The van der Waals surface area contributed by atoms with Gasteiger partial charge in [0.15, 0.2) is 0 Å². The fourth-order valence-corrected chi connectivity index (χ4v) is 5.52. The third kappa shape index (κ3) is 5.46. The highest BCUT2D eigenvalue weighted by Crippen LogP contribution is 2.34. The highest BCUT2D eigenvalue weighted by atomic mass is 32.2. The number of anilines is 1. The lowest BCUT2D eigenvalue weighted by Gasteiger charge is -2.39. The van der Waals surface area contributed by atoms with Crippen LogP contribution in [0.3, 0.4) is 0 Å². The van der Waals surface area contributed by atoms with Crippen molar-refractivity contribution < 1.29 is 17.9 Å². The molecule has 1 atom stereocenters. The lowest BCUT2D eigenvalue weighted by Crippen LogP contribution is -2.52. The summed E-state index contributed by atoms with van der Waals surface area (Å²) in [5, 5.41) is 3.08. The predicted molar refractivity (Wildman–Crippen MR) is 124 cm³/mol. The van der Waals surface area contributed by atoms with Crippen LogP contribution in [0.1, 0.15) is 37.3 Å². The number of hydrogen-bond donors (Lipinski definition) is 1. The van der Waals surface area contributed by atoms with Crippen LogP contribution in [0.5, 0.6) is 0 Å². The van der Waals surface area contributed by atoms with Crippen molar-refractivity contribution in [1.82, 2.24) is 5.32 Å². The first kappa shape index (κ1) is 23.3. The second-order valence-corrected chi connectivity index (χ2v) is 10.2. The first-order valence-corrected chi connectivity index (χ1v) is 12.6. The third-order valence-electron chi connectivity index (χ3n) is 6.02. The molecule has 3 rings (SSSR count). The number of amides is 1. The van der Waals surface area contributed by atoms with E-state index in [1.165, 1.54) is 9.87 Å². The van der Waals surface area contributed by atoms with Gasteiger partial charge in [0.25, 0.3) is 0 Å². The highest BCUT2D eigenvalue weighted by Gasteiger charge is 2.37. The van der Waals surface area contributed by atoms with E-state index in [9.17, 15) is 13.2 Å². The number of hydrogen-bond acceptors (Lipinski definition) is 4. The van der Waals surface area contributed by atoms with Crippen LogP contribution in [0.15, 0.2) is 54.6 Å². The minimum atomic E-state index is -3.65. The van der Waals surface area contributed by atoms with Gasteiger partial charge in [0, 0.05) is 25.2 Å². The first-order valence-electron chi connectivity index (χ1n) is 10.7. The van der Waals surface area contributed by atoms with Gasteiger partial charge in [0.05, 0.1) is 11.9 Å². The number of nitrogens with zero attached hydrogens (tertiary/aromatic N) is 1. The number of aryl methyl sites for hydroxylation is 1. The molecule has 2 aromatic carbocycles. The molecule has 1 unspecified atom stereocenters. The minimum absolute atomic E-state index is 0.216. The van der Waals surface area contributed by atoms with Crippen molar-refractivity contribution in [1.29, 1.82) is 0 Å². The second-order valence-electron chi connectivity index (χ2n) is 8.30. The number of carbonyl (C=O) groups is 1. The van der Waals surface area contributed by atoms with Gasteiger partial charge in [-0.05, 0) is 49.4 Å². The van der Waals surface area contributed by atoms with Gasteiger partial charge in [0.2, 0.25) is 15.9 Å². The molecule has 1 aliphatic rings. The number of benzene rings is 2. The minimum Gasteiger partial charge on any atom is -0.381 e. The van der Waals surface area contributed by atoms with Crippen LogP contribution < -0.4 is 9.62 Å². The van der Waals surface area contributed by atoms with E-state index in [1.807, 2.05) is 38.1 Å². The van der Waals surface area contributed by atoms with Crippen LogP contribution in [0.4, 0.5) is 5.69 Å². The van der Waals surface area contributed by atoms with E-state index < -0.39 is 16.1 Å². The van der Waals surface area contributed by atoms with Gasteiger partial charge in [-0.25, -0.2) is 8.42 Å². The lowest BCUT2D eigenvalue weighted by molar-refractivity contribution is -0.122. The van der Waals surface area contributed by atoms with Crippen molar-refractivity contribution in [3.05, 3.63) is 65.7 Å². The van der Waals surface area contributed by atoms with Gasteiger partial charge in [-0.2, -0.15) is 0 Å². The van der Waals surface area contributed by atoms with E-state index in [1.54, 1.807) is 18.2 Å². The molecule has 2 aromatic rings. The molecule has 0 spiro atoms. The molecule has 31 heavy (non-hydrogen) atoms. The molecule has 0 saturated carbocycles. The summed E-state index contributed by atoms with van der Waals surface area (Å²) in [5.74, 6) is -0.281. The Morgan fingerprint density at radius 1 is 1.13 bits per heavy atom. The summed E-state index contributed by atoms with van der Waals surface area (Å²) >= 11 is 0. The maximum Gasteiger partial charge on any atom is 0.243 e. The number of ether oxygens (including phenoxy) is 1. The standard InChI is InChI=1S/C24H32N2O4S/c1-4-22(26(31(3,28)29)21-12-8-9-19(2)17-21)23(27)25-18-24(13-15-30-16-14-24)20-10-6-5-7-11-20/h5-12,17,22H,4,13-16,18H2,1-3H3,(H,25,27). The zero-order chi connectivity index (χ0) is 22.5. The Kier molecular flexibility index (Phi) is 7.38. The quantitative estimate of drug-likeness (QED) is 0.677. The summed E-state index contributed by atoms with van der Waals surface area (Å²) in [6.07, 6.45) is 3.13. The van der Waals surface area contributed by atoms with Crippen molar-refractivity contribution in [3.8, 4) is 0 Å². The molecule has 1 saturated heterocycles. The summed E-state index contributed by atoms with van der Waals surface area (Å²) in [7, 11) is -3.65. The van der Waals surface area contributed by atoms with Crippen LogP contribution in [0, 0.1) is 6.92 Å². The summed E-state index contributed by atoms with van der Waals surface area (Å²) in [6.45, 7) is 5.46. The fraction of sp³-hybridized carbons (Fsp3) is 0.458. The average Bonchev–Trinajstić information content (AvgIpc) is 2.76. The van der Waals surface area contributed by atoms with E-state index in [4.69, 9.17) is 4.74 Å². The Morgan fingerprint density at radius 3 is 2.39 bits per heavy atom. The summed E-state index contributed by atoms with van der Waals surface area (Å²) in [6, 6.07) is 16.6. The molecule has 1 heterocycles. The molecular formula is C24H32N2O4S. The Bertz CT molecular complexity index is 986. The van der Waals surface area contributed by atoms with Crippen molar-refractivity contribution in [2.24, 2.45) is 0 Å². The van der Waals surface area contributed by atoms with E-state index >= 15 is 0 Å². The van der Waals surface area contributed by atoms with Gasteiger partial charge >= 0.3 is 0 Å². The molecular weight excluding hydrogens is 412 g/mol. The van der Waals surface area contributed by atoms with Crippen LogP contribution >= 0.6 is 0 Å². The largest absolute Gasteiger partial charge is 0.381 e. The van der Waals surface area contributed by atoms with Gasteiger partial charge in [0.1, 0.15) is 6.04 Å². The SMILES string of the molecule is CCC(C(=O)NCC1(c2ccccc2)CCOCC1)N(c1cccc(C)c1)S(C)(=O)=O. The van der Waals surface area contributed by atoms with Gasteiger partial charge < -0.3 is 10.1 Å². The molecule has 6 nitrogen and oxygen atoms in total. The van der Waals surface area contributed by atoms with E-state index in [0.717, 1.165) is 24.7 Å². The van der Waals surface area contributed by atoms with Crippen molar-refractivity contribution in [2.75, 3.05) is 30.3 Å². The third-order valence-corrected chi connectivity index (χ3v) is 7.20. The second kappa shape index (κ2) is 9.83. The summed E-state index contributed by atoms with van der Waals surface area (Å²) < 4.78 is 32.2. The van der Waals surface area contributed by atoms with Crippen LogP contribution in [0.25, 0.3) is 0 Å². The smallest absolute Gasteiger partial charge is 0.243 e. The van der Waals surface area contributed by atoms with Gasteiger partial charge in [-0.1, -0.05) is 49.4 Å². The molecule has 0 radical (unpaired) electrons. The molecule has 0 bridgehead atoms. The molecule has 0 aliphatic carbocycles. The Balaban J connectivity index is 1.85. The predicted octanol–water partition coefficient (Wildman–Crippen LogP) is 3.40. The molecule has 1 aliphatic heterocycles. The highest BCUT2D eigenvalue weighted by molar-refractivity contribution is 7.92. The maximum atomic E-state index is 13.3. The molecule has 7 heteroatoms. The zero-order valence-electron chi connectivity index (χ0n) is 18.5. The van der Waals surface area contributed by atoms with Crippen molar-refractivity contribution in [3.63, 3.8) is 0 Å². The Labute approximate surface area is 185 Å². The normalized spacial score (nSPS) is 17.0. The monoisotopic (exact) mass is 444 g/mol. The van der Waals surface area contributed by atoms with E-state index in [0.29, 0.717) is 31.9 Å². The van der Waals surface area contributed by atoms with Gasteiger partial charge in [-0.15, -0.1) is 0 Å². The van der Waals surface area contributed by atoms with Gasteiger partial charge in [-0.3, -0.25) is 9.10 Å². The van der Waals surface area contributed by atoms with Crippen molar-refractivity contribution >= 4 is 21.6 Å². The van der Waals surface area contributed by atoms with E-state index in [-0.39, 0.29) is 11.3 Å². The molecule has 0 aromatic heterocycles. The van der Waals surface area contributed by atoms with E-state index in [2.05, 4.69) is 17.4 Å². The number of rotatable bonds is 8. The van der Waals surface area contributed by atoms with Crippen LogP contribution in [-0.2, 0) is 25.0 Å². The zero-order valence-corrected chi connectivity index (χ0v) is 19.3. The van der Waals surface area contributed by atoms with Crippen LogP contribution in [0.2, 0.25) is 0 Å². The summed E-state index contributed by atoms with van der Waals surface area (Å²) in [4.78, 5) is 13.3. The topological polar surface area (TPSA) is 75.7 Å².